The maximum Gasteiger partial charge on any atom is 0.310 e. The Morgan fingerprint density at radius 2 is 1.63 bits per heavy atom. The molecule has 5 rings (SSSR count). The Hall–Kier alpha value is -5.18. The third-order valence-corrected chi connectivity index (χ3v) is 7.12. The molecule has 3 amide bonds. The summed E-state index contributed by atoms with van der Waals surface area (Å²) in [6, 6.07) is 26.2. The molecule has 9 heteroatoms. The summed E-state index contributed by atoms with van der Waals surface area (Å²) < 4.78 is 0. The Morgan fingerprint density at radius 3 is 2.41 bits per heavy atom. The normalized spacial score (nSPS) is 12.8. The molecule has 202 valence electrons. The van der Waals surface area contributed by atoms with Crippen molar-refractivity contribution in [2.75, 3.05) is 6.54 Å². The molecule has 0 spiro atoms. The van der Waals surface area contributed by atoms with Crippen molar-refractivity contribution in [3.8, 4) is 17.9 Å². The summed E-state index contributed by atoms with van der Waals surface area (Å²) in [5.74, 6) is 3.42. The van der Waals surface area contributed by atoms with Crippen molar-refractivity contribution in [2.24, 2.45) is 0 Å². The zero-order chi connectivity index (χ0) is 28.8. The van der Waals surface area contributed by atoms with E-state index in [1.807, 2.05) is 18.2 Å². The summed E-state index contributed by atoms with van der Waals surface area (Å²) in [7, 11) is 0. The second kappa shape index (κ2) is 11.9. The van der Waals surface area contributed by atoms with E-state index in [2.05, 4.69) is 63.1 Å². The fourth-order valence-electron chi connectivity index (χ4n) is 4.46. The maximum absolute atomic E-state index is 13.3. The lowest BCUT2D eigenvalue weighted by molar-refractivity contribution is -0.139. The first-order valence-electron chi connectivity index (χ1n) is 12.9. The van der Waals surface area contributed by atoms with Crippen LogP contribution in [0.5, 0.6) is 0 Å². The van der Waals surface area contributed by atoms with E-state index in [0.29, 0.717) is 16.8 Å². The standard InChI is InChI=1S/C32H24ClN5O3/c33-27-14-13-25(37-28(27)19-34)9-5-17-35-30(40)31(41)36-20-23-8-3-4-10-26(23)29(39)38-32(15-16-32)24-12-11-21-6-1-2-7-22(21)18-24/h1-4,6-8,10-14,18H,15-17,20H2,(H,35,40)(H,36,41)(H,38,39). The van der Waals surface area contributed by atoms with E-state index >= 15 is 0 Å². The Morgan fingerprint density at radius 1 is 0.902 bits per heavy atom. The molecule has 1 aliphatic carbocycles. The van der Waals surface area contributed by atoms with Crippen LogP contribution in [-0.4, -0.2) is 29.3 Å². The molecule has 3 aromatic carbocycles. The van der Waals surface area contributed by atoms with E-state index in [1.54, 1.807) is 30.3 Å². The van der Waals surface area contributed by atoms with Crippen molar-refractivity contribution in [2.45, 2.75) is 24.9 Å². The van der Waals surface area contributed by atoms with Gasteiger partial charge in [0.2, 0.25) is 0 Å². The monoisotopic (exact) mass is 561 g/mol. The zero-order valence-electron chi connectivity index (χ0n) is 21.8. The quantitative estimate of drug-likeness (QED) is 0.243. The highest BCUT2D eigenvalue weighted by Crippen LogP contribution is 2.46. The van der Waals surface area contributed by atoms with Gasteiger partial charge in [0.1, 0.15) is 11.8 Å². The van der Waals surface area contributed by atoms with Gasteiger partial charge in [-0.25, -0.2) is 4.98 Å². The molecule has 0 atom stereocenters. The minimum atomic E-state index is -0.865. The number of nitrogens with zero attached hydrogens (tertiary/aromatic N) is 2. The third-order valence-electron chi connectivity index (χ3n) is 6.82. The molecule has 1 aliphatic rings. The summed E-state index contributed by atoms with van der Waals surface area (Å²) in [6.45, 7) is -0.107. The van der Waals surface area contributed by atoms with E-state index in [4.69, 9.17) is 16.9 Å². The number of hydrogen-bond donors (Lipinski definition) is 3. The number of fused-ring (bicyclic) bond motifs is 1. The number of nitriles is 1. The van der Waals surface area contributed by atoms with E-state index in [9.17, 15) is 14.4 Å². The summed E-state index contributed by atoms with van der Waals surface area (Å²) in [5, 5.41) is 19.6. The van der Waals surface area contributed by atoms with Crippen LogP contribution in [0.25, 0.3) is 10.8 Å². The van der Waals surface area contributed by atoms with Crippen LogP contribution >= 0.6 is 11.6 Å². The molecule has 41 heavy (non-hydrogen) atoms. The molecule has 0 saturated heterocycles. The van der Waals surface area contributed by atoms with Crippen LogP contribution in [0.4, 0.5) is 0 Å². The lowest BCUT2D eigenvalue weighted by Gasteiger charge is -2.20. The fraction of sp³-hybridized carbons (Fsp3) is 0.156. The molecule has 1 saturated carbocycles. The van der Waals surface area contributed by atoms with E-state index in [1.165, 1.54) is 6.07 Å². The van der Waals surface area contributed by atoms with Crippen molar-refractivity contribution in [1.82, 2.24) is 20.9 Å². The van der Waals surface area contributed by atoms with Gasteiger partial charge in [-0.05, 0) is 64.9 Å². The van der Waals surface area contributed by atoms with E-state index < -0.39 is 17.4 Å². The largest absolute Gasteiger partial charge is 0.344 e. The Balaban J connectivity index is 1.17. The van der Waals surface area contributed by atoms with Gasteiger partial charge in [-0.15, -0.1) is 0 Å². The molecule has 0 bridgehead atoms. The average molecular weight is 562 g/mol. The van der Waals surface area contributed by atoms with Crippen LogP contribution in [0.15, 0.2) is 78.9 Å². The molecular weight excluding hydrogens is 538 g/mol. The van der Waals surface area contributed by atoms with E-state index in [-0.39, 0.29) is 29.7 Å². The number of amides is 3. The molecule has 1 fully saturated rings. The lowest BCUT2D eigenvalue weighted by atomic mass is 9.99. The Bertz CT molecular complexity index is 1780. The van der Waals surface area contributed by atoms with Crippen LogP contribution in [0, 0.1) is 23.2 Å². The fourth-order valence-corrected chi connectivity index (χ4v) is 4.61. The number of benzene rings is 3. The van der Waals surface area contributed by atoms with E-state index in [0.717, 1.165) is 29.2 Å². The lowest BCUT2D eigenvalue weighted by Crippen LogP contribution is -2.40. The molecule has 0 radical (unpaired) electrons. The number of carbonyl (C=O) groups is 3. The van der Waals surface area contributed by atoms with Gasteiger partial charge in [-0.1, -0.05) is 72.1 Å². The van der Waals surface area contributed by atoms with Gasteiger partial charge in [-0.3, -0.25) is 14.4 Å². The predicted octanol–water partition coefficient (Wildman–Crippen LogP) is 3.96. The van der Waals surface area contributed by atoms with Crippen molar-refractivity contribution in [3.63, 3.8) is 0 Å². The summed E-state index contributed by atoms with van der Waals surface area (Å²) >= 11 is 5.85. The van der Waals surface area contributed by atoms with Gasteiger partial charge in [-0.2, -0.15) is 5.26 Å². The SMILES string of the molecule is N#Cc1nc(C#CCNC(=O)C(=O)NCc2ccccc2C(=O)NC2(c3ccc4ccccc4c3)CC2)ccc1Cl. The van der Waals surface area contributed by atoms with Gasteiger partial charge < -0.3 is 16.0 Å². The van der Waals surface area contributed by atoms with Crippen LogP contribution in [-0.2, 0) is 21.7 Å². The summed E-state index contributed by atoms with van der Waals surface area (Å²) in [5.41, 5.74) is 2.02. The first-order valence-corrected chi connectivity index (χ1v) is 13.3. The number of carbonyl (C=O) groups excluding carboxylic acids is 3. The van der Waals surface area contributed by atoms with Gasteiger partial charge in [0.05, 0.1) is 17.1 Å². The second-order valence-electron chi connectivity index (χ2n) is 9.56. The number of pyridine rings is 1. The molecule has 0 aliphatic heterocycles. The average Bonchev–Trinajstić information content (AvgIpc) is 3.79. The molecule has 3 N–H and O–H groups in total. The van der Waals surface area contributed by atoms with Crippen molar-refractivity contribution < 1.29 is 14.4 Å². The zero-order valence-corrected chi connectivity index (χ0v) is 22.6. The van der Waals surface area contributed by atoms with Gasteiger partial charge in [0, 0.05) is 12.1 Å². The number of aromatic nitrogens is 1. The second-order valence-corrected chi connectivity index (χ2v) is 9.97. The molecule has 4 aromatic rings. The van der Waals surface area contributed by atoms with Crippen molar-refractivity contribution >= 4 is 40.1 Å². The van der Waals surface area contributed by atoms with Crippen LogP contribution < -0.4 is 16.0 Å². The molecule has 8 nitrogen and oxygen atoms in total. The topological polar surface area (TPSA) is 124 Å². The highest BCUT2D eigenvalue weighted by molar-refractivity contribution is 6.35. The molecular formula is C32H24ClN5O3. The number of rotatable bonds is 6. The first kappa shape index (κ1) is 27.4. The minimum absolute atomic E-state index is 0.00384. The molecule has 1 heterocycles. The van der Waals surface area contributed by atoms with Crippen LogP contribution in [0.3, 0.4) is 0 Å². The van der Waals surface area contributed by atoms with Crippen LogP contribution in [0.2, 0.25) is 5.02 Å². The minimum Gasteiger partial charge on any atom is -0.344 e. The predicted molar refractivity (Wildman–Crippen MR) is 154 cm³/mol. The first-order chi connectivity index (χ1) is 19.9. The van der Waals surface area contributed by atoms with Crippen molar-refractivity contribution in [3.05, 3.63) is 112 Å². The smallest absolute Gasteiger partial charge is 0.310 e. The summed E-state index contributed by atoms with van der Waals surface area (Å²) in [6.07, 6.45) is 1.68. The summed E-state index contributed by atoms with van der Waals surface area (Å²) in [4.78, 5) is 41.9. The van der Waals surface area contributed by atoms with Gasteiger partial charge >= 0.3 is 11.8 Å². The highest BCUT2D eigenvalue weighted by Gasteiger charge is 2.46. The highest BCUT2D eigenvalue weighted by atomic mass is 35.5. The number of hydrogen-bond acceptors (Lipinski definition) is 5. The number of halogens is 1. The van der Waals surface area contributed by atoms with Crippen molar-refractivity contribution in [1.29, 1.82) is 5.26 Å². The molecule has 0 unspecified atom stereocenters. The van der Waals surface area contributed by atoms with Crippen LogP contribution in [0.1, 0.15) is 45.7 Å². The Labute approximate surface area is 241 Å². The van der Waals surface area contributed by atoms with Gasteiger partial charge in [0.25, 0.3) is 5.91 Å². The van der Waals surface area contributed by atoms with Gasteiger partial charge in [0.15, 0.2) is 5.69 Å². The third kappa shape index (κ3) is 6.36. The maximum atomic E-state index is 13.3. The number of nitrogens with one attached hydrogen (secondary N) is 3. The molecule has 1 aromatic heterocycles. The Kier molecular flexibility index (Phi) is 7.96.